The highest BCUT2D eigenvalue weighted by atomic mass is 32.2. The molecule has 106 valence electrons. The van der Waals surface area contributed by atoms with Crippen LogP contribution in [0.2, 0.25) is 0 Å². The van der Waals surface area contributed by atoms with Gasteiger partial charge in [0, 0.05) is 18.5 Å². The van der Waals surface area contributed by atoms with Crippen molar-refractivity contribution in [2.75, 3.05) is 31.2 Å². The van der Waals surface area contributed by atoms with E-state index in [0.717, 1.165) is 0 Å². The van der Waals surface area contributed by atoms with Crippen LogP contribution in [-0.4, -0.2) is 61.6 Å². The molecule has 6 nitrogen and oxygen atoms in total. The zero-order valence-corrected chi connectivity index (χ0v) is 11.5. The van der Waals surface area contributed by atoms with Gasteiger partial charge in [-0.1, -0.05) is 6.92 Å². The highest BCUT2D eigenvalue weighted by Crippen LogP contribution is 2.20. The molecular formula is C11H22N2O4S. The number of hydrogen-bond acceptors (Lipinski definition) is 5. The summed E-state index contributed by atoms with van der Waals surface area (Å²) in [6.07, 6.45) is 1.03. The molecule has 3 N–H and O–H groups in total. The second-order valence-corrected chi connectivity index (χ2v) is 7.02. The Bertz CT molecular complexity index is 383. The van der Waals surface area contributed by atoms with Gasteiger partial charge in [0.25, 0.3) is 0 Å². The lowest BCUT2D eigenvalue weighted by molar-refractivity contribution is -0.137. The largest absolute Gasteiger partial charge is 0.395 e. The van der Waals surface area contributed by atoms with Crippen LogP contribution in [0.1, 0.15) is 19.8 Å². The number of hydrogen-bond donors (Lipinski definition) is 2. The quantitative estimate of drug-likeness (QED) is 0.647. The molecule has 0 radical (unpaired) electrons. The van der Waals surface area contributed by atoms with Gasteiger partial charge in [0.05, 0.1) is 18.1 Å². The van der Waals surface area contributed by atoms with Gasteiger partial charge in [0.15, 0.2) is 9.84 Å². The molecule has 1 amide bonds. The molecule has 2 atom stereocenters. The number of nitrogens with two attached hydrogens (primary N) is 1. The van der Waals surface area contributed by atoms with Crippen molar-refractivity contribution in [2.45, 2.75) is 25.8 Å². The molecule has 0 aromatic rings. The van der Waals surface area contributed by atoms with E-state index >= 15 is 0 Å². The minimum atomic E-state index is -3.03. The second kappa shape index (κ2) is 6.49. The summed E-state index contributed by atoms with van der Waals surface area (Å²) in [5.74, 6) is -0.215. The Morgan fingerprint density at radius 2 is 2.22 bits per heavy atom. The summed E-state index contributed by atoms with van der Waals surface area (Å²) < 4.78 is 22.9. The lowest BCUT2D eigenvalue weighted by Gasteiger charge is -2.30. The molecular weight excluding hydrogens is 256 g/mol. The van der Waals surface area contributed by atoms with E-state index < -0.39 is 9.84 Å². The maximum atomic E-state index is 12.2. The zero-order valence-electron chi connectivity index (χ0n) is 10.7. The summed E-state index contributed by atoms with van der Waals surface area (Å²) in [7, 11) is -3.03. The van der Waals surface area contributed by atoms with Crippen LogP contribution >= 0.6 is 0 Å². The Hall–Kier alpha value is -0.660. The highest BCUT2D eigenvalue weighted by molar-refractivity contribution is 7.91. The van der Waals surface area contributed by atoms with Gasteiger partial charge in [-0.05, 0) is 19.4 Å². The Labute approximate surface area is 108 Å². The lowest BCUT2D eigenvalue weighted by Crippen LogP contribution is -2.45. The maximum Gasteiger partial charge on any atom is 0.225 e. The third-order valence-electron chi connectivity index (χ3n) is 3.29. The molecule has 1 saturated heterocycles. The Morgan fingerprint density at radius 3 is 2.67 bits per heavy atom. The highest BCUT2D eigenvalue weighted by Gasteiger charge is 2.35. The van der Waals surface area contributed by atoms with Crippen LogP contribution in [0.25, 0.3) is 0 Å². The van der Waals surface area contributed by atoms with Gasteiger partial charge in [-0.2, -0.15) is 0 Å². The number of aliphatic hydroxyl groups is 1. The zero-order chi connectivity index (χ0) is 13.8. The van der Waals surface area contributed by atoms with Gasteiger partial charge in [0.2, 0.25) is 5.91 Å². The third kappa shape index (κ3) is 3.93. The van der Waals surface area contributed by atoms with Crippen LogP contribution in [0.3, 0.4) is 0 Å². The van der Waals surface area contributed by atoms with E-state index in [0.29, 0.717) is 19.4 Å². The molecule has 1 rings (SSSR count). The summed E-state index contributed by atoms with van der Waals surface area (Å²) in [4.78, 5) is 13.7. The van der Waals surface area contributed by atoms with Gasteiger partial charge in [0.1, 0.15) is 0 Å². The molecule has 0 aromatic heterocycles. The number of sulfone groups is 1. The summed E-state index contributed by atoms with van der Waals surface area (Å²) >= 11 is 0. The van der Waals surface area contributed by atoms with Gasteiger partial charge < -0.3 is 15.7 Å². The van der Waals surface area contributed by atoms with Crippen molar-refractivity contribution in [1.82, 2.24) is 4.90 Å². The van der Waals surface area contributed by atoms with Crippen molar-refractivity contribution >= 4 is 15.7 Å². The molecule has 0 spiro atoms. The first kappa shape index (κ1) is 15.4. The minimum Gasteiger partial charge on any atom is -0.395 e. The van der Waals surface area contributed by atoms with E-state index in [9.17, 15) is 13.2 Å². The molecule has 0 aliphatic carbocycles. The average Bonchev–Trinajstić information content (AvgIpc) is 2.66. The molecule has 1 aliphatic rings. The Morgan fingerprint density at radius 1 is 1.56 bits per heavy atom. The monoisotopic (exact) mass is 278 g/mol. The average molecular weight is 278 g/mol. The van der Waals surface area contributed by atoms with Crippen molar-refractivity contribution in [3.05, 3.63) is 0 Å². The first-order valence-electron chi connectivity index (χ1n) is 6.23. The predicted molar refractivity (Wildman–Crippen MR) is 68.7 cm³/mol. The van der Waals surface area contributed by atoms with Crippen LogP contribution in [0.15, 0.2) is 0 Å². The fraction of sp³-hybridized carbons (Fsp3) is 0.909. The second-order valence-electron chi connectivity index (χ2n) is 4.79. The van der Waals surface area contributed by atoms with Crippen LogP contribution in [0, 0.1) is 5.92 Å². The topological polar surface area (TPSA) is 101 Å². The van der Waals surface area contributed by atoms with E-state index in [2.05, 4.69) is 0 Å². The van der Waals surface area contributed by atoms with Crippen molar-refractivity contribution in [1.29, 1.82) is 0 Å². The van der Waals surface area contributed by atoms with Crippen LogP contribution in [0.5, 0.6) is 0 Å². The van der Waals surface area contributed by atoms with E-state index in [-0.39, 0.29) is 42.5 Å². The molecule has 18 heavy (non-hydrogen) atoms. The Kier molecular flexibility index (Phi) is 5.55. The first-order valence-corrected chi connectivity index (χ1v) is 8.05. The van der Waals surface area contributed by atoms with E-state index in [1.54, 1.807) is 6.92 Å². The molecule has 1 fully saturated rings. The third-order valence-corrected chi connectivity index (χ3v) is 5.04. The minimum absolute atomic E-state index is 0.00802. The van der Waals surface area contributed by atoms with Crippen molar-refractivity contribution < 1.29 is 18.3 Å². The Balaban J connectivity index is 2.73. The molecule has 1 heterocycles. The SMILES string of the molecule is CC(CCN)C(=O)N(CCO)C1CCS(=O)(=O)C1. The molecule has 1 aliphatic heterocycles. The summed E-state index contributed by atoms with van der Waals surface area (Å²) in [5, 5.41) is 9.02. The number of rotatable bonds is 6. The number of nitrogens with zero attached hydrogens (tertiary/aromatic N) is 1. The number of amides is 1. The molecule has 7 heteroatoms. The van der Waals surface area contributed by atoms with Gasteiger partial charge in [-0.3, -0.25) is 4.79 Å². The standard InChI is InChI=1S/C11H22N2O4S/c1-9(2-4-12)11(15)13(5-6-14)10-3-7-18(16,17)8-10/h9-10,14H,2-8,12H2,1H3. The normalized spacial score (nSPS) is 23.8. The number of carbonyl (C=O) groups is 1. The van der Waals surface area contributed by atoms with E-state index in [4.69, 9.17) is 10.8 Å². The summed E-state index contributed by atoms with van der Waals surface area (Å²) in [6, 6.07) is -0.296. The van der Waals surface area contributed by atoms with Crippen molar-refractivity contribution in [3.8, 4) is 0 Å². The van der Waals surface area contributed by atoms with Gasteiger partial charge >= 0.3 is 0 Å². The summed E-state index contributed by atoms with van der Waals surface area (Å²) in [6.45, 7) is 2.23. The van der Waals surface area contributed by atoms with E-state index in [1.165, 1.54) is 4.90 Å². The maximum absolute atomic E-state index is 12.2. The van der Waals surface area contributed by atoms with Gasteiger partial charge in [-0.25, -0.2) is 8.42 Å². The van der Waals surface area contributed by atoms with Crippen LogP contribution in [0.4, 0.5) is 0 Å². The van der Waals surface area contributed by atoms with Gasteiger partial charge in [-0.15, -0.1) is 0 Å². The first-order chi connectivity index (χ1) is 8.41. The molecule has 0 bridgehead atoms. The van der Waals surface area contributed by atoms with Crippen LogP contribution < -0.4 is 5.73 Å². The smallest absolute Gasteiger partial charge is 0.225 e. The summed E-state index contributed by atoms with van der Waals surface area (Å²) in [5.41, 5.74) is 5.42. The fourth-order valence-electron chi connectivity index (χ4n) is 2.26. The predicted octanol–water partition coefficient (Wildman–Crippen LogP) is -1.02. The van der Waals surface area contributed by atoms with Crippen LogP contribution in [-0.2, 0) is 14.6 Å². The van der Waals surface area contributed by atoms with E-state index in [1.807, 2.05) is 0 Å². The van der Waals surface area contributed by atoms with Crippen molar-refractivity contribution in [2.24, 2.45) is 11.7 Å². The molecule has 2 unspecified atom stereocenters. The lowest BCUT2D eigenvalue weighted by atomic mass is 10.0. The number of aliphatic hydroxyl groups excluding tert-OH is 1. The molecule has 0 saturated carbocycles. The number of carbonyl (C=O) groups excluding carboxylic acids is 1. The van der Waals surface area contributed by atoms with Crippen molar-refractivity contribution in [3.63, 3.8) is 0 Å². The fourth-order valence-corrected chi connectivity index (χ4v) is 3.99. The molecule has 0 aromatic carbocycles.